The van der Waals surface area contributed by atoms with E-state index in [1.807, 2.05) is 0 Å². The van der Waals surface area contributed by atoms with Gasteiger partial charge >= 0.3 is 0 Å². The Morgan fingerprint density at radius 1 is 1.29 bits per heavy atom. The molecule has 1 aromatic carbocycles. The van der Waals surface area contributed by atoms with Gasteiger partial charge in [-0.1, -0.05) is 31.3 Å². The normalized spacial score (nSPS) is 17.8. The predicted octanol–water partition coefficient (Wildman–Crippen LogP) is 1.04. The van der Waals surface area contributed by atoms with Gasteiger partial charge in [-0.2, -0.15) is 4.31 Å². The summed E-state index contributed by atoms with van der Waals surface area (Å²) in [5.74, 6) is 0. The number of hydrogen-bond acceptors (Lipinski definition) is 4. The fraction of sp³-hybridized carbons (Fsp3) is 0.500. The minimum atomic E-state index is -3.46. The van der Waals surface area contributed by atoms with Crippen molar-refractivity contribution in [3.8, 4) is 0 Å². The number of hydrogen-bond donors (Lipinski definition) is 1. The van der Waals surface area contributed by atoms with Crippen molar-refractivity contribution < 1.29 is 8.42 Å². The second kappa shape index (κ2) is 6.83. The van der Waals surface area contributed by atoms with E-state index in [1.54, 1.807) is 24.3 Å². The molecule has 0 aliphatic carbocycles. The Balaban J connectivity index is 2.16. The lowest BCUT2D eigenvalue weighted by atomic mass is 10.2. The molecule has 1 aliphatic rings. The topological polar surface area (TPSA) is 66.6 Å². The molecule has 2 N–H and O–H groups in total. The van der Waals surface area contributed by atoms with Gasteiger partial charge in [-0.25, -0.2) is 8.42 Å². The van der Waals surface area contributed by atoms with Crippen molar-refractivity contribution in [3.05, 3.63) is 29.8 Å². The third-order valence-corrected chi connectivity index (χ3v) is 5.76. The van der Waals surface area contributed by atoms with Crippen LogP contribution in [0.25, 0.3) is 0 Å². The van der Waals surface area contributed by atoms with Gasteiger partial charge in [-0.15, -0.1) is 0 Å². The largest absolute Gasteiger partial charge is 0.389 e. The maximum Gasteiger partial charge on any atom is 0.243 e. The molecule has 2 rings (SSSR count). The number of sulfonamides is 1. The first-order chi connectivity index (χ1) is 9.95. The van der Waals surface area contributed by atoms with Gasteiger partial charge in [-0.3, -0.25) is 0 Å². The van der Waals surface area contributed by atoms with E-state index in [-0.39, 0.29) is 9.88 Å². The minimum Gasteiger partial charge on any atom is -0.389 e. The molecule has 7 heteroatoms. The maximum absolute atomic E-state index is 12.6. The van der Waals surface area contributed by atoms with Crippen molar-refractivity contribution in [1.29, 1.82) is 0 Å². The Morgan fingerprint density at radius 2 is 1.95 bits per heavy atom. The second-order valence-electron chi connectivity index (χ2n) is 5.14. The van der Waals surface area contributed by atoms with E-state index in [1.165, 1.54) is 4.31 Å². The summed E-state index contributed by atoms with van der Waals surface area (Å²) in [6.45, 7) is 5.76. The van der Waals surface area contributed by atoms with Crippen LogP contribution in [-0.2, 0) is 10.0 Å². The lowest BCUT2D eigenvalue weighted by Crippen LogP contribution is -2.48. The quantitative estimate of drug-likeness (QED) is 0.819. The zero-order valence-electron chi connectivity index (χ0n) is 12.2. The first kappa shape index (κ1) is 16.4. The Kier molecular flexibility index (Phi) is 5.32. The van der Waals surface area contributed by atoms with Gasteiger partial charge in [0.1, 0.15) is 4.99 Å². The number of nitrogens with two attached hydrogens (primary N) is 1. The molecular weight excluding hydrogens is 306 g/mol. The Hall–Kier alpha value is -1.02. The minimum absolute atomic E-state index is 0.208. The fourth-order valence-corrected chi connectivity index (χ4v) is 4.06. The van der Waals surface area contributed by atoms with Crippen LogP contribution in [0.15, 0.2) is 29.2 Å². The monoisotopic (exact) mass is 327 g/mol. The molecule has 0 amide bonds. The summed E-state index contributed by atoms with van der Waals surface area (Å²) in [6, 6.07) is 6.54. The van der Waals surface area contributed by atoms with Gasteiger partial charge in [0.2, 0.25) is 10.0 Å². The van der Waals surface area contributed by atoms with Crippen LogP contribution >= 0.6 is 12.2 Å². The van der Waals surface area contributed by atoms with Crippen molar-refractivity contribution >= 4 is 27.2 Å². The SMILES string of the molecule is CCCN1CCN(S(=O)(=O)c2cccc(C(N)=S)c2)CC1. The molecule has 0 radical (unpaired) electrons. The van der Waals surface area contributed by atoms with Crippen molar-refractivity contribution in [2.45, 2.75) is 18.2 Å². The number of nitrogens with zero attached hydrogens (tertiary/aromatic N) is 2. The molecule has 1 saturated heterocycles. The molecule has 5 nitrogen and oxygen atoms in total. The van der Waals surface area contributed by atoms with Gasteiger partial charge in [0.05, 0.1) is 4.90 Å². The Morgan fingerprint density at radius 3 is 2.52 bits per heavy atom. The van der Waals surface area contributed by atoms with E-state index in [4.69, 9.17) is 18.0 Å². The molecule has 21 heavy (non-hydrogen) atoms. The molecule has 1 heterocycles. The van der Waals surface area contributed by atoms with Gasteiger partial charge in [0.25, 0.3) is 0 Å². The van der Waals surface area contributed by atoms with Crippen LogP contribution in [0.1, 0.15) is 18.9 Å². The molecule has 0 atom stereocenters. The number of rotatable bonds is 5. The smallest absolute Gasteiger partial charge is 0.243 e. The molecule has 0 unspecified atom stereocenters. The number of benzene rings is 1. The summed E-state index contributed by atoms with van der Waals surface area (Å²) in [4.78, 5) is 2.76. The van der Waals surface area contributed by atoms with Crippen LogP contribution in [0.2, 0.25) is 0 Å². The van der Waals surface area contributed by atoms with Gasteiger partial charge in [0, 0.05) is 31.7 Å². The van der Waals surface area contributed by atoms with Crippen molar-refractivity contribution in [3.63, 3.8) is 0 Å². The van der Waals surface area contributed by atoms with Gasteiger partial charge in [0.15, 0.2) is 0 Å². The van der Waals surface area contributed by atoms with Crippen molar-refractivity contribution in [1.82, 2.24) is 9.21 Å². The number of thiocarbonyl (C=S) groups is 1. The van der Waals surface area contributed by atoms with E-state index < -0.39 is 10.0 Å². The molecule has 1 aliphatic heterocycles. The highest BCUT2D eigenvalue weighted by atomic mass is 32.2. The van der Waals surface area contributed by atoms with Crippen LogP contribution in [0.3, 0.4) is 0 Å². The van der Waals surface area contributed by atoms with Crippen LogP contribution in [0, 0.1) is 0 Å². The van der Waals surface area contributed by atoms with E-state index in [9.17, 15) is 8.42 Å². The maximum atomic E-state index is 12.6. The van der Waals surface area contributed by atoms with Gasteiger partial charge in [-0.05, 0) is 25.1 Å². The fourth-order valence-electron chi connectivity index (χ4n) is 2.47. The summed E-state index contributed by atoms with van der Waals surface area (Å²) in [7, 11) is -3.46. The first-order valence-corrected chi connectivity index (χ1v) is 8.92. The first-order valence-electron chi connectivity index (χ1n) is 7.07. The van der Waals surface area contributed by atoms with Crippen molar-refractivity contribution in [2.75, 3.05) is 32.7 Å². The van der Waals surface area contributed by atoms with E-state index in [2.05, 4.69) is 11.8 Å². The molecule has 0 bridgehead atoms. The molecule has 116 valence electrons. The molecular formula is C14H21N3O2S2. The summed E-state index contributed by atoms with van der Waals surface area (Å²) in [6.07, 6.45) is 1.09. The zero-order chi connectivity index (χ0) is 15.5. The predicted molar refractivity (Wildman–Crippen MR) is 87.8 cm³/mol. The highest BCUT2D eigenvalue weighted by molar-refractivity contribution is 7.89. The molecule has 0 saturated carbocycles. The molecule has 0 aromatic heterocycles. The third-order valence-electron chi connectivity index (χ3n) is 3.63. The third kappa shape index (κ3) is 3.79. The van der Waals surface area contributed by atoms with Crippen LogP contribution in [0.4, 0.5) is 0 Å². The average molecular weight is 327 g/mol. The van der Waals surface area contributed by atoms with Crippen LogP contribution < -0.4 is 5.73 Å². The second-order valence-corrected chi connectivity index (χ2v) is 7.52. The lowest BCUT2D eigenvalue weighted by Gasteiger charge is -2.33. The van der Waals surface area contributed by atoms with Crippen LogP contribution in [0.5, 0.6) is 0 Å². The summed E-state index contributed by atoms with van der Waals surface area (Å²) >= 11 is 4.91. The van der Waals surface area contributed by atoms with E-state index >= 15 is 0 Å². The number of piperazine rings is 1. The molecule has 0 spiro atoms. The van der Waals surface area contributed by atoms with E-state index in [0.717, 1.165) is 26.1 Å². The summed E-state index contributed by atoms with van der Waals surface area (Å²) in [5.41, 5.74) is 6.15. The highest BCUT2D eigenvalue weighted by Gasteiger charge is 2.28. The Labute approximate surface area is 131 Å². The van der Waals surface area contributed by atoms with Crippen LogP contribution in [-0.4, -0.2) is 55.3 Å². The van der Waals surface area contributed by atoms with Gasteiger partial charge < -0.3 is 10.6 Å². The average Bonchev–Trinajstić information content (AvgIpc) is 2.48. The van der Waals surface area contributed by atoms with Crippen molar-refractivity contribution in [2.24, 2.45) is 5.73 Å². The zero-order valence-corrected chi connectivity index (χ0v) is 13.8. The lowest BCUT2D eigenvalue weighted by molar-refractivity contribution is 0.188. The highest BCUT2D eigenvalue weighted by Crippen LogP contribution is 2.19. The summed E-state index contributed by atoms with van der Waals surface area (Å²) < 4.78 is 26.8. The van der Waals surface area contributed by atoms with E-state index in [0.29, 0.717) is 18.7 Å². The Bertz CT molecular complexity index is 608. The molecule has 1 fully saturated rings. The molecule has 1 aromatic rings. The standard InChI is InChI=1S/C14H21N3O2S2/c1-2-6-16-7-9-17(10-8-16)21(18,19)13-5-3-4-12(11-13)14(15)20/h3-5,11H,2,6-10H2,1H3,(H2,15,20). The summed E-state index contributed by atoms with van der Waals surface area (Å²) in [5, 5.41) is 0.